The Kier molecular flexibility index (Phi) is 2.72. The Labute approximate surface area is 127 Å². The first-order chi connectivity index (χ1) is 10.6. The number of anilines is 1. The maximum Gasteiger partial charge on any atom is 0.332 e. The first-order valence-corrected chi connectivity index (χ1v) is 7.55. The number of carbonyl (C=O) groups excluding carboxylic acids is 2. The van der Waals surface area contributed by atoms with Gasteiger partial charge in [0.2, 0.25) is 0 Å². The molecule has 3 amide bonds. The van der Waals surface area contributed by atoms with Crippen LogP contribution in [0.4, 0.5) is 10.6 Å². The summed E-state index contributed by atoms with van der Waals surface area (Å²) in [5, 5.41) is 0. The van der Waals surface area contributed by atoms with E-state index >= 15 is 0 Å². The van der Waals surface area contributed by atoms with Crippen LogP contribution in [0.15, 0.2) is 12.4 Å². The van der Waals surface area contributed by atoms with Crippen molar-refractivity contribution < 1.29 is 9.59 Å². The molecule has 0 N–H and O–H groups in total. The number of imidazole rings is 1. The van der Waals surface area contributed by atoms with Gasteiger partial charge in [0, 0.05) is 25.4 Å². The molecule has 4 rings (SSSR count). The van der Waals surface area contributed by atoms with Crippen molar-refractivity contribution in [3.05, 3.63) is 23.8 Å². The summed E-state index contributed by atoms with van der Waals surface area (Å²) in [5.74, 6) is 0.734. The molecular formula is C15H17N5O2. The normalized spacial score (nSPS) is 18.8. The summed E-state index contributed by atoms with van der Waals surface area (Å²) in [6, 6.07) is -0.339. The smallest absolute Gasteiger partial charge is 0.302 e. The van der Waals surface area contributed by atoms with E-state index in [0.29, 0.717) is 17.4 Å². The Balaban J connectivity index is 1.89. The molecule has 0 aromatic carbocycles. The molecule has 2 aromatic rings. The summed E-state index contributed by atoms with van der Waals surface area (Å²) in [4.78, 5) is 35.9. The van der Waals surface area contributed by atoms with Gasteiger partial charge in [0.25, 0.3) is 5.91 Å². The maximum atomic E-state index is 12.3. The fraction of sp³-hybridized carbons (Fsp3) is 0.467. The van der Waals surface area contributed by atoms with Crippen LogP contribution in [-0.2, 0) is 11.2 Å². The Morgan fingerprint density at radius 1 is 1.23 bits per heavy atom. The van der Waals surface area contributed by atoms with Crippen molar-refractivity contribution in [2.75, 3.05) is 18.5 Å². The Bertz CT molecular complexity index is 793. The predicted molar refractivity (Wildman–Crippen MR) is 79.9 cm³/mol. The van der Waals surface area contributed by atoms with E-state index in [1.807, 2.05) is 23.7 Å². The minimum absolute atomic E-state index is 0.0282. The fourth-order valence-corrected chi connectivity index (χ4v) is 2.74. The van der Waals surface area contributed by atoms with Gasteiger partial charge in [-0.25, -0.2) is 14.8 Å². The molecule has 114 valence electrons. The van der Waals surface area contributed by atoms with Gasteiger partial charge in [0.05, 0.1) is 11.4 Å². The molecule has 0 radical (unpaired) electrons. The van der Waals surface area contributed by atoms with Crippen LogP contribution in [-0.4, -0.2) is 44.8 Å². The third-order valence-electron chi connectivity index (χ3n) is 4.29. The number of urea groups is 1. The zero-order valence-electron chi connectivity index (χ0n) is 12.6. The van der Waals surface area contributed by atoms with Gasteiger partial charge in [-0.3, -0.25) is 14.6 Å². The van der Waals surface area contributed by atoms with Crippen molar-refractivity contribution in [3.63, 3.8) is 0 Å². The van der Waals surface area contributed by atoms with Gasteiger partial charge in [-0.2, -0.15) is 0 Å². The zero-order valence-corrected chi connectivity index (χ0v) is 12.6. The molecule has 0 bridgehead atoms. The molecule has 0 atom stereocenters. The largest absolute Gasteiger partial charge is 0.332 e. The lowest BCUT2D eigenvalue weighted by Gasteiger charge is -2.15. The SMILES string of the molecule is CCc1cn2cc(C3CC3)nc(N3CC(=O)N(C)C3=O)c2n1. The third kappa shape index (κ3) is 1.88. The molecule has 1 saturated heterocycles. The van der Waals surface area contributed by atoms with E-state index in [0.717, 1.165) is 35.6 Å². The molecule has 1 aliphatic carbocycles. The quantitative estimate of drug-likeness (QED) is 0.807. The summed E-state index contributed by atoms with van der Waals surface area (Å²) in [6.07, 6.45) is 7.03. The van der Waals surface area contributed by atoms with Crippen molar-refractivity contribution in [2.45, 2.75) is 32.1 Å². The van der Waals surface area contributed by atoms with Gasteiger partial charge >= 0.3 is 6.03 Å². The number of aryl methyl sites for hydroxylation is 1. The van der Waals surface area contributed by atoms with Gasteiger partial charge < -0.3 is 4.40 Å². The molecule has 3 heterocycles. The monoisotopic (exact) mass is 299 g/mol. The Hall–Kier alpha value is -2.44. The molecule has 1 saturated carbocycles. The molecular weight excluding hydrogens is 282 g/mol. The van der Waals surface area contributed by atoms with E-state index in [1.165, 1.54) is 11.9 Å². The average molecular weight is 299 g/mol. The highest BCUT2D eigenvalue weighted by molar-refractivity contribution is 6.12. The molecule has 2 fully saturated rings. The predicted octanol–water partition coefficient (Wildman–Crippen LogP) is 1.57. The lowest BCUT2D eigenvalue weighted by molar-refractivity contribution is -0.123. The van der Waals surface area contributed by atoms with E-state index in [2.05, 4.69) is 9.97 Å². The molecule has 0 spiro atoms. The highest BCUT2D eigenvalue weighted by atomic mass is 16.2. The van der Waals surface area contributed by atoms with Crippen molar-refractivity contribution in [3.8, 4) is 0 Å². The lowest BCUT2D eigenvalue weighted by atomic mass is 10.3. The zero-order chi connectivity index (χ0) is 15.4. The van der Waals surface area contributed by atoms with Crippen molar-refractivity contribution in [1.82, 2.24) is 19.3 Å². The summed E-state index contributed by atoms with van der Waals surface area (Å²) in [6.45, 7) is 2.06. The first kappa shape index (κ1) is 13.2. The molecule has 2 aromatic heterocycles. The number of likely N-dealkylation sites (N-methyl/N-ethyl adjacent to an activating group) is 1. The lowest BCUT2D eigenvalue weighted by Crippen LogP contribution is -2.31. The first-order valence-electron chi connectivity index (χ1n) is 7.55. The maximum absolute atomic E-state index is 12.3. The fourth-order valence-electron chi connectivity index (χ4n) is 2.74. The van der Waals surface area contributed by atoms with Crippen LogP contribution in [0.2, 0.25) is 0 Å². The van der Waals surface area contributed by atoms with Crippen LogP contribution >= 0.6 is 0 Å². The number of nitrogens with zero attached hydrogens (tertiary/aromatic N) is 5. The number of hydrogen-bond donors (Lipinski definition) is 0. The number of fused-ring (bicyclic) bond motifs is 1. The van der Waals surface area contributed by atoms with Crippen LogP contribution in [0.25, 0.3) is 5.65 Å². The molecule has 2 aliphatic rings. The molecule has 7 heteroatoms. The van der Waals surface area contributed by atoms with Crippen LogP contribution in [0.1, 0.15) is 37.1 Å². The number of imide groups is 1. The van der Waals surface area contributed by atoms with E-state index in [-0.39, 0.29) is 18.5 Å². The van der Waals surface area contributed by atoms with Crippen molar-refractivity contribution in [2.24, 2.45) is 0 Å². The highest BCUT2D eigenvalue weighted by Gasteiger charge is 2.37. The minimum Gasteiger partial charge on any atom is -0.302 e. The second-order valence-corrected chi connectivity index (χ2v) is 5.90. The topological polar surface area (TPSA) is 70.8 Å². The van der Waals surface area contributed by atoms with Gasteiger partial charge in [-0.1, -0.05) is 6.92 Å². The number of carbonyl (C=O) groups is 2. The molecule has 0 unspecified atom stereocenters. The number of amides is 3. The van der Waals surface area contributed by atoms with Gasteiger partial charge in [0.15, 0.2) is 11.5 Å². The summed E-state index contributed by atoms with van der Waals surface area (Å²) < 4.78 is 1.94. The van der Waals surface area contributed by atoms with Gasteiger partial charge in [-0.05, 0) is 19.3 Å². The summed E-state index contributed by atoms with van der Waals surface area (Å²) in [7, 11) is 1.50. The average Bonchev–Trinajstić information content (AvgIpc) is 3.23. The van der Waals surface area contributed by atoms with Crippen LogP contribution < -0.4 is 4.90 Å². The van der Waals surface area contributed by atoms with Crippen LogP contribution in [0.5, 0.6) is 0 Å². The van der Waals surface area contributed by atoms with Crippen LogP contribution in [0.3, 0.4) is 0 Å². The molecule has 7 nitrogen and oxygen atoms in total. The van der Waals surface area contributed by atoms with Gasteiger partial charge in [0.1, 0.15) is 6.54 Å². The second kappa shape index (κ2) is 4.53. The van der Waals surface area contributed by atoms with Crippen molar-refractivity contribution >= 4 is 23.4 Å². The second-order valence-electron chi connectivity index (χ2n) is 5.90. The van der Waals surface area contributed by atoms with E-state index in [9.17, 15) is 9.59 Å². The van der Waals surface area contributed by atoms with Crippen LogP contribution in [0, 0.1) is 0 Å². The van der Waals surface area contributed by atoms with E-state index < -0.39 is 0 Å². The van der Waals surface area contributed by atoms with E-state index in [1.54, 1.807) is 0 Å². The summed E-state index contributed by atoms with van der Waals surface area (Å²) >= 11 is 0. The Morgan fingerprint density at radius 2 is 2.00 bits per heavy atom. The number of hydrogen-bond acceptors (Lipinski definition) is 4. The van der Waals surface area contributed by atoms with Gasteiger partial charge in [-0.15, -0.1) is 0 Å². The summed E-state index contributed by atoms with van der Waals surface area (Å²) in [5.41, 5.74) is 2.55. The molecule has 22 heavy (non-hydrogen) atoms. The van der Waals surface area contributed by atoms with E-state index in [4.69, 9.17) is 0 Å². The third-order valence-corrected chi connectivity index (χ3v) is 4.29. The Morgan fingerprint density at radius 3 is 2.59 bits per heavy atom. The van der Waals surface area contributed by atoms with Crippen molar-refractivity contribution in [1.29, 1.82) is 0 Å². The molecule has 1 aliphatic heterocycles. The highest BCUT2D eigenvalue weighted by Crippen LogP contribution is 2.40. The number of aromatic nitrogens is 3. The number of rotatable bonds is 3. The standard InChI is InChI=1S/C15H17N5O2/c1-3-10-6-19-7-11(9-4-5-9)17-14(13(19)16-10)20-8-12(21)18(2)15(20)22/h6-7,9H,3-5,8H2,1-2H3. The minimum atomic E-state index is -0.339.